The molecule has 2 aromatic heterocycles. The zero-order chi connectivity index (χ0) is 22.7. The van der Waals surface area contributed by atoms with Crippen molar-refractivity contribution >= 4 is 23.0 Å². The smallest absolute Gasteiger partial charge is 0.349 e. The summed E-state index contributed by atoms with van der Waals surface area (Å²) in [6.07, 6.45) is 2.55. The number of rotatable bonds is 6. The van der Waals surface area contributed by atoms with Gasteiger partial charge in [0.1, 0.15) is 23.8 Å². The van der Waals surface area contributed by atoms with Gasteiger partial charge in [-0.1, -0.05) is 19.1 Å². The highest BCUT2D eigenvalue weighted by atomic mass is 16.5. The third-order valence-electron chi connectivity index (χ3n) is 5.58. The summed E-state index contributed by atoms with van der Waals surface area (Å²) in [7, 11) is 0. The van der Waals surface area contributed by atoms with E-state index in [-0.39, 0.29) is 12.2 Å². The Bertz CT molecular complexity index is 1290. The Morgan fingerprint density at radius 3 is 2.65 bits per heavy atom. The molecule has 0 saturated heterocycles. The Balaban J connectivity index is 1.87. The van der Waals surface area contributed by atoms with Crippen molar-refractivity contribution in [1.82, 2.24) is 4.57 Å². The molecule has 31 heavy (non-hydrogen) atoms. The van der Waals surface area contributed by atoms with Gasteiger partial charge in [-0.25, -0.2) is 9.59 Å². The predicted octanol–water partition coefficient (Wildman–Crippen LogP) is 4.89. The number of nitriles is 1. The van der Waals surface area contributed by atoms with Gasteiger partial charge in [0.05, 0.1) is 0 Å². The normalized spacial score (nSPS) is 11.5. The number of hydrogen-bond donors (Lipinski definition) is 0. The summed E-state index contributed by atoms with van der Waals surface area (Å²) < 4.78 is 12.9. The van der Waals surface area contributed by atoms with E-state index in [1.807, 2.05) is 52.0 Å². The molecule has 2 heterocycles. The van der Waals surface area contributed by atoms with Gasteiger partial charge in [-0.15, -0.1) is 0 Å². The van der Waals surface area contributed by atoms with Gasteiger partial charge in [-0.2, -0.15) is 5.26 Å². The summed E-state index contributed by atoms with van der Waals surface area (Å²) in [5.74, 6) is -0.729. The van der Waals surface area contributed by atoms with Gasteiger partial charge in [0.15, 0.2) is 0 Å². The molecule has 0 unspecified atom stereocenters. The number of nitrogens with zero attached hydrogens (tertiary/aromatic N) is 2. The SMILES string of the molecule is CCCn1c(C)cc(C=C(C#N)C(=O)OCc2cc(=O)oc3c(C)c(C)ccc23)c1C. The van der Waals surface area contributed by atoms with E-state index in [2.05, 4.69) is 11.5 Å². The van der Waals surface area contributed by atoms with E-state index < -0.39 is 11.6 Å². The summed E-state index contributed by atoms with van der Waals surface area (Å²) in [5.41, 5.74) is 5.18. The van der Waals surface area contributed by atoms with Crippen LogP contribution < -0.4 is 5.63 Å². The fraction of sp³-hybridized carbons (Fsp3) is 0.320. The molecule has 0 saturated carbocycles. The van der Waals surface area contributed by atoms with Crippen molar-refractivity contribution in [2.24, 2.45) is 0 Å². The van der Waals surface area contributed by atoms with E-state index >= 15 is 0 Å². The second-order valence-electron chi connectivity index (χ2n) is 7.70. The molecule has 0 aliphatic heterocycles. The van der Waals surface area contributed by atoms with Crippen molar-refractivity contribution in [3.05, 3.63) is 73.9 Å². The fourth-order valence-corrected chi connectivity index (χ4v) is 3.70. The van der Waals surface area contributed by atoms with Crippen molar-refractivity contribution in [3.63, 3.8) is 0 Å². The molecule has 0 fully saturated rings. The maximum atomic E-state index is 12.6. The molecule has 0 bridgehead atoms. The van der Waals surface area contributed by atoms with E-state index in [9.17, 15) is 14.9 Å². The topological polar surface area (TPSA) is 85.2 Å². The molecule has 6 nitrogen and oxygen atoms in total. The number of carbonyl (C=O) groups excluding carboxylic acids is 1. The third kappa shape index (κ3) is 4.46. The van der Waals surface area contributed by atoms with E-state index in [0.29, 0.717) is 16.5 Å². The maximum absolute atomic E-state index is 12.6. The first-order valence-electron chi connectivity index (χ1n) is 10.2. The molecular formula is C25H26N2O4. The van der Waals surface area contributed by atoms with Gasteiger partial charge >= 0.3 is 11.6 Å². The van der Waals surface area contributed by atoms with Crippen LogP contribution in [-0.2, 0) is 22.7 Å². The lowest BCUT2D eigenvalue weighted by Crippen LogP contribution is -2.09. The molecule has 0 aliphatic rings. The van der Waals surface area contributed by atoms with Crippen LogP contribution >= 0.6 is 0 Å². The van der Waals surface area contributed by atoms with Crippen LogP contribution in [0.5, 0.6) is 0 Å². The monoisotopic (exact) mass is 418 g/mol. The van der Waals surface area contributed by atoms with Gasteiger partial charge in [0, 0.05) is 34.9 Å². The highest BCUT2D eigenvalue weighted by Crippen LogP contribution is 2.24. The molecule has 3 rings (SSSR count). The lowest BCUT2D eigenvalue weighted by atomic mass is 10.0. The van der Waals surface area contributed by atoms with Gasteiger partial charge in [0.25, 0.3) is 0 Å². The Labute approximate surface area is 181 Å². The number of hydrogen-bond acceptors (Lipinski definition) is 5. The molecule has 3 aromatic rings. The second-order valence-corrected chi connectivity index (χ2v) is 7.70. The first kappa shape index (κ1) is 22.1. The second kappa shape index (κ2) is 9.05. The van der Waals surface area contributed by atoms with Crippen LogP contribution in [0.1, 0.15) is 47.0 Å². The summed E-state index contributed by atoms with van der Waals surface area (Å²) in [6.45, 7) is 10.6. The van der Waals surface area contributed by atoms with Gasteiger partial charge in [-0.3, -0.25) is 0 Å². The number of aromatic nitrogens is 1. The Morgan fingerprint density at radius 2 is 1.97 bits per heavy atom. The molecule has 160 valence electrons. The lowest BCUT2D eigenvalue weighted by Gasteiger charge is -2.09. The minimum atomic E-state index is -0.729. The van der Waals surface area contributed by atoms with Gasteiger partial charge in [0.2, 0.25) is 0 Å². The summed E-state index contributed by atoms with van der Waals surface area (Å²) in [5, 5.41) is 10.2. The summed E-state index contributed by atoms with van der Waals surface area (Å²) >= 11 is 0. The zero-order valence-corrected chi connectivity index (χ0v) is 18.5. The molecular weight excluding hydrogens is 392 g/mol. The molecule has 0 amide bonds. The first-order valence-corrected chi connectivity index (χ1v) is 10.2. The predicted molar refractivity (Wildman–Crippen MR) is 120 cm³/mol. The summed E-state index contributed by atoms with van der Waals surface area (Å²) in [4.78, 5) is 24.6. The number of esters is 1. The Hall–Kier alpha value is -3.59. The van der Waals surface area contributed by atoms with Crippen molar-refractivity contribution in [2.75, 3.05) is 0 Å². The van der Waals surface area contributed by atoms with Crippen molar-refractivity contribution < 1.29 is 13.9 Å². The van der Waals surface area contributed by atoms with E-state index in [4.69, 9.17) is 9.15 Å². The van der Waals surface area contributed by atoms with E-state index in [1.54, 1.807) is 6.08 Å². The Morgan fingerprint density at radius 1 is 1.23 bits per heavy atom. The molecule has 0 N–H and O–H groups in total. The van der Waals surface area contributed by atoms with Crippen LogP contribution in [0.4, 0.5) is 0 Å². The first-order chi connectivity index (χ1) is 14.8. The number of ether oxygens (including phenoxy) is 1. The summed E-state index contributed by atoms with van der Waals surface area (Å²) in [6, 6.07) is 8.98. The van der Waals surface area contributed by atoms with Crippen molar-refractivity contribution in [2.45, 2.75) is 54.2 Å². The zero-order valence-electron chi connectivity index (χ0n) is 18.5. The molecule has 0 aliphatic carbocycles. The highest BCUT2D eigenvalue weighted by Gasteiger charge is 2.16. The fourth-order valence-electron chi connectivity index (χ4n) is 3.70. The van der Waals surface area contributed by atoms with Crippen LogP contribution in [0.15, 0.2) is 39.1 Å². The molecule has 0 spiro atoms. The maximum Gasteiger partial charge on any atom is 0.349 e. The number of carbonyl (C=O) groups is 1. The number of aryl methyl sites for hydroxylation is 3. The van der Waals surface area contributed by atoms with Crippen LogP contribution in [0.25, 0.3) is 17.0 Å². The molecule has 0 radical (unpaired) electrons. The van der Waals surface area contributed by atoms with Crippen LogP contribution in [0.2, 0.25) is 0 Å². The quantitative estimate of drug-likeness (QED) is 0.246. The van der Waals surface area contributed by atoms with Crippen LogP contribution in [0, 0.1) is 39.0 Å². The highest BCUT2D eigenvalue weighted by molar-refractivity contribution is 5.98. The average molecular weight is 418 g/mol. The molecule has 6 heteroatoms. The minimum Gasteiger partial charge on any atom is -0.457 e. The van der Waals surface area contributed by atoms with E-state index in [0.717, 1.165) is 41.0 Å². The van der Waals surface area contributed by atoms with E-state index in [1.165, 1.54) is 6.07 Å². The number of benzene rings is 1. The minimum absolute atomic E-state index is 0.0870. The van der Waals surface area contributed by atoms with Crippen molar-refractivity contribution in [1.29, 1.82) is 5.26 Å². The Kier molecular flexibility index (Phi) is 6.45. The standard InChI is InChI=1S/C25H26N2O4/c1-6-9-27-16(3)10-19(18(27)5)11-20(13-26)25(29)30-14-21-12-23(28)31-24-17(4)15(2)7-8-22(21)24/h7-8,10-12H,6,9,14H2,1-5H3. The van der Waals surface area contributed by atoms with Crippen LogP contribution in [-0.4, -0.2) is 10.5 Å². The van der Waals surface area contributed by atoms with Gasteiger partial charge < -0.3 is 13.7 Å². The lowest BCUT2D eigenvalue weighted by molar-refractivity contribution is -0.139. The van der Waals surface area contributed by atoms with Crippen molar-refractivity contribution in [3.8, 4) is 6.07 Å². The average Bonchev–Trinajstić information content (AvgIpc) is 3.00. The molecule has 0 atom stereocenters. The molecule has 1 aromatic carbocycles. The van der Waals surface area contributed by atoms with Crippen LogP contribution in [0.3, 0.4) is 0 Å². The van der Waals surface area contributed by atoms with Gasteiger partial charge in [-0.05, 0) is 62.9 Å². The largest absolute Gasteiger partial charge is 0.457 e. The number of fused-ring (bicyclic) bond motifs is 1. The third-order valence-corrected chi connectivity index (χ3v) is 5.58.